The second-order valence-corrected chi connectivity index (χ2v) is 6.52. The number of β-amino-alcohol motifs (C(OH)–C–C–N with tert-alkyl or cyclic N) is 1. The predicted molar refractivity (Wildman–Crippen MR) is 66.2 cm³/mol. The van der Waals surface area contributed by atoms with Gasteiger partial charge in [-0.2, -0.15) is 0 Å². The molecule has 0 radical (unpaired) electrons. The summed E-state index contributed by atoms with van der Waals surface area (Å²) in [4.78, 5) is 2.40. The first-order valence-corrected chi connectivity index (χ1v) is 6.60. The van der Waals surface area contributed by atoms with Crippen molar-refractivity contribution >= 4 is 0 Å². The van der Waals surface area contributed by atoms with E-state index in [1.54, 1.807) is 0 Å². The van der Waals surface area contributed by atoms with E-state index in [9.17, 15) is 5.11 Å². The second-order valence-electron chi connectivity index (χ2n) is 6.52. The zero-order chi connectivity index (χ0) is 11.8. The Morgan fingerprint density at radius 3 is 2.31 bits per heavy atom. The van der Waals surface area contributed by atoms with E-state index in [4.69, 9.17) is 5.73 Å². The molecule has 1 unspecified atom stereocenters. The summed E-state index contributed by atoms with van der Waals surface area (Å²) >= 11 is 0. The van der Waals surface area contributed by atoms with Crippen LogP contribution >= 0.6 is 0 Å². The number of nitrogens with zero attached hydrogens (tertiary/aromatic N) is 1. The summed E-state index contributed by atoms with van der Waals surface area (Å²) < 4.78 is 0. The molecule has 1 saturated carbocycles. The van der Waals surface area contributed by atoms with Crippen LogP contribution in [-0.2, 0) is 0 Å². The van der Waals surface area contributed by atoms with Gasteiger partial charge in [-0.15, -0.1) is 0 Å². The fourth-order valence-corrected chi connectivity index (χ4v) is 2.68. The minimum atomic E-state index is -0.610. The molecule has 16 heavy (non-hydrogen) atoms. The van der Waals surface area contributed by atoms with Gasteiger partial charge in [0.05, 0.1) is 5.60 Å². The zero-order valence-electron chi connectivity index (χ0n) is 10.7. The van der Waals surface area contributed by atoms with Crippen LogP contribution in [0.15, 0.2) is 0 Å². The molecule has 3 heteroatoms. The van der Waals surface area contributed by atoms with E-state index < -0.39 is 5.60 Å². The highest BCUT2D eigenvalue weighted by Crippen LogP contribution is 2.40. The monoisotopic (exact) mass is 226 g/mol. The molecule has 0 aromatic heterocycles. The number of hydrogen-bond acceptors (Lipinski definition) is 3. The molecule has 1 aliphatic carbocycles. The number of nitrogens with two attached hydrogens (primary N) is 1. The molecule has 3 nitrogen and oxygen atoms in total. The second kappa shape index (κ2) is 4.28. The van der Waals surface area contributed by atoms with Gasteiger partial charge in [0, 0.05) is 13.1 Å². The van der Waals surface area contributed by atoms with Crippen LogP contribution in [0, 0.1) is 11.3 Å². The Morgan fingerprint density at radius 1 is 1.31 bits per heavy atom. The summed E-state index contributed by atoms with van der Waals surface area (Å²) in [5.41, 5.74) is 5.62. The van der Waals surface area contributed by atoms with Crippen molar-refractivity contribution in [3.63, 3.8) is 0 Å². The Morgan fingerprint density at radius 2 is 1.88 bits per heavy atom. The molecule has 0 bridgehead atoms. The average molecular weight is 226 g/mol. The van der Waals surface area contributed by atoms with Gasteiger partial charge in [0.1, 0.15) is 0 Å². The van der Waals surface area contributed by atoms with Crippen LogP contribution in [0.25, 0.3) is 0 Å². The number of aliphatic hydroxyl groups is 1. The lowest BCUT2D eigenvalue weighted by molar-refractivity contribution is -0.0213. The Kier molecular flexibility index (Phi) is 3.30. The first-order valence-electron chi connectivity index (χ1n) is 6.60. The summed E-state index contributed by atoms with van der Waals surface area (Å²) in [5.74, 6) is 0.465. The molecule has 0 spiro atoms. The van der Waals surface area contributed by atoms with Gasteiger partial charge in [-0.05, 0) is 50.1 Å². The first kappa shape index (κ1) is 12.3. The predicted octanol–water partition coefficient (Wildman–Crippen LogP) is 1.21. The molecular weight excluding hydrogens is 200 g/mol. The molecule has 2 fully saturated rings. The summed E-state index contributed by atoms with van der Waals surface area (Å²) in [7, 11) is 0. The molecule has 0 aromatic rings. The van der Waals surface area contributed by atoms with E-state index in [0.717, 1.165) is 32.5 Å². The van der Waals surface area contributed by atoms with E-state index in [1.807, 2.05) is 0 Å². The van der Waals surface area contributed by atoms with Gasteiger partial charge in [0.2, 0.25) is 0 Å². The molecule has 1 aliphatic heterocycles. The number of hydrogen-bond donors (Lipinski definition) is 2. The highest BCUT2D eigenvalue weighted by Gasteiger charge is 2.44. The fourth-order valence-electron chi connectivity index (χ4n) is 2.68. The Balaban J connectivity index is 1.85. The van der Waals surface area contributed by atoms with Crippen LogP contribution in [0.5, 0.6) is 0 Å². The van der Waals surface area contributed by atoms with E-state index in [0.29, 0.717) is 17.9 Å². The molecular formula is C13H26N2O. The lowest BCUT2D eigenvalue weighted by Crippen LogP contribution is -2.52. The Labute approximate surface area is 99.0 Å². The van der Waals surface area contributed by atoms with Crippen molar-refractivity contribution in [2.45, 2.75) is 45.1 Å². The normalized spacial score (nSPS) is 30.0. The lowest BCUT2D eigenvalue weighted by Gasteiger charge is -2.40. The molecule has 0 amide bonds. The van der Waals surface area contributed by atoms with Gasteiger partial charge in [0.25, 0.3) is 0 Å². The minimum absolute atomic E-state index is 0.414. The topological polar surface area (TPSA) is 49.5 Å². The van der Waals surface area contributed by atoms with Gasteiger partial charge in [-0.1, -0.05) is 13.8 Å². The Bertz CT molecular complexity index is 240. The molecule has 1 heterocycles. The van der Waals surface area contributed by atoms with Crippen LogP contribution in [0.4, 0.5) is 0 Å². The largest absolute Gasteiger partial charge is 0.387 e. The van der Waals surface area contributed by atoms with Crippen LogP contribution in [0.3, 0.4) is 0 Å². The summed E-state index contributed by atoms with van der Waals surface area (Å²) in [6, 6.07) is 0. The first-order chi connectivity index (χ1) is 7.45. The molecule has 3 N–H and O–H groups in total. The van der Waals surface area contributed by atoms with Gasteiger partial charge in [-0.25, -0.2) is 0 Å². The van der Waals surface area contributed by atoms with Crippen LogP contribution in [0.2, 0.25) is 0 Å². The third-order valence-corrected chi connectivity index (χ3v) is 4.40. The third kappa shape index (κ3) is 2.76. The number of likely N-dealkylation sites (tertiary alicyclic amines) is 1. The average Bonchev–Trinajstić information content (AvgIpc) is 3.05. The maximum atomic E-state index is 10.5. The van der Waals surface area contributed by atoms with Gasteiger partial charge >= 0.3 is 0 Å². The summed E-state index contributed by atoms with van der Waals surface area (Å²) in [6.07, 6.45) is 4.79. The van der Waals surface area contributed by atoms with Crippen LogP contribution in [-0.4, -0.2) is 41.8 Å². The maximum absolute atomic E-state index is 10.5. The highest BCUT2D eigenvalue weighted by molar-refractivity contribution is 4.98. The van der Waals surface area contributed by atoms with Crippen LogP contribution < -0.4 is 5.73 Å². The van der Waals surface area contributed by atoms with Crippen molar-refractivity contribution in [1.82, 2.24) is 4.90 Å². The molecule has 1 atom stereocenters. The quantitative estimate of drug-likeness (QED) is 0.757. The maximum Gasteiger partial charge on any atom is 0.0923 e. The number of rotatable bonds is 4. The molecule has 1 saturated heterocycles. The SMILES string of the molecule is CC1(C)CCN(CC(O)(CN)C2CC2)CC1. The highest BCUT2D eigenvalue weighted by atomic mass is 16.3. The van der Waals surface area contributed by atoms with E-state index in [2.05, 4.69) is 18.7 Å². The van der Waals surface area contributed by atoms with Crippen molar-refractivity contribution < 1.29 is 5.11 Å². The molecule has 94 valence electrons. The fraction of sp³-hybridized carbons (Fsp3) is 1.00. The summed E-state index contributed by atoms with van der Waals surface area (Å²) in [6.45, 7) is 8.09. The standard InChI is InChI=1S/C13H26N2O/c1-12(2)5-7-15(8-6-12)10-13(16,9-14)11-3-4-11/h11,16H,3-10,14H2,1-2H3. The van der Waals surface area contributed by atoms with E-state index >= 15 is 0 Å². The molecule has 2 rings (SSSR count). The van der Waals surface area contributed by atoms with Crippen molar-refractivity contribution in [3.05, 3.63) is 0 Å². The van der Waals surface area contributed by atoms with Gasteiger partial charge < -0.3 is 15.7 Å². The van der Waals surface area contributed by atoms with Crippen molar-refractivity contribution in [1.29, 1.82) is 0 Å². The smallest absolute Gasteiger partial charge is 0.0923 e. The lowest BCUT2D eigenvalue weighted by atomic mass is 9.82. The summed E-state index contributed by atoms with van der Waals surface area (Å²) in [5, 5.41) is 10.5. The molecule has 0 aromatic carbocycles. The van der Waals surface area contributed by atoms with Gasteiger partial charge in [-0.3, -0.25) is 0 Å². The van der Waals surface area contributed by atoms with E-state index in [-0.39, 0.29) is 0 Å². The minimum Gasteiger partial charge on any atom is -0.387 e. The third-order valence-electron chi connectivity index (χ3n) is 4.40. The van der Waals surface area contributed by atoms with Crippen molar-refractivity contribution in [2.24, 2.45) is 17.1 Å². The van der Waals surface area contributed by atoms with Crippen LogP contribution in [0.1, 0.15) is 39.5 Å². The number of piperidine rings is 1. The van der Waals surface area contributed by atoms with Gasteiger partial charge in [0.15, 0.2) is 0 Å². The van der Waals surface area contributed by atoms with E-state index in [1.165, 1.54) is 12.8 Å². The zero-order valence-corrected chi connectivity index (χ0v) is 10.7. The van der Waals surface area contributed by atoms with Crippen molar-refractivity contribution in [3.8, 4) is 0 Å². The van der Waals surface area contributed by atoms with Crippen molar-refractivity contribution in [2.75, 3.05) is 26.2 Å². The molecule has 2 aliphatic rings. The Hall–Kier alpha value is -0.120.